The van der Waals surface area contributed by atoms with Gasteiger partial charge in [0, 0.05) is 25.1 Å². The fourth-order valence-corrected chi connectivity index (χ4v) is 6.02. The Hall–Kier alpha value is -1.79. The van der Waals surface area contributed by atoms with Gasteiger partial charge in [-0.25, -0.2) is 13.9 Å². The van der Waals surface area contributed by atoms with Crippen molar-refractivity contribution in [3.63, 3.8) is 0 Å². The Morgan fingerprint density at radius 2 is 1.84 bits per heavy atom. The van der Waals surface area contributed by atoms with Gasteiger partial charge < -0.3 is 39.9 Å². The van der Waals surface area contributed by atoms with Crippen LogP contribution >= 0.6 is 15.6 Å². The highest BCUT2D eigenvalue weighted by Gasteiger charge is 2.48. The number of rotatable bonds is 9. The Bertz CT molecular complexity index is 1240. The molecule has 2 saturated heterocycles. The van der Waals surface area contributed by atoms with Crippen LogP contribution in [0, 0.1) is 6.92 Å². The molecule has 0 radical (unpaired) electrons. The monoisotopic (exact) mass is 589 g/mol. The number of H-pyrrole nitrogens is 1. The van der Waals surface area contributed by atoms with E-state index in [0.29, 0.717) is 0 Å². The standard InChI is InChI=1S/C18H29N3O15P2/c1-7-5-21(18(27)20-16(7)26)12-4-10(23)11(34-12)6-32-37(28,29)36-38(30,31)35-17-15(25)14(24)13(8(2)33-17)19-9(3)22/h5,8,10-15,17,23-25H,4,6H2,1-3H3,(H,19,22)(H,28,29)(H,30,31)(H,20,26,27)/t8-,10+,11-,12-,13+,14+,15-,17?/m1/s1. The minimum atomic E-state index is -5.48. The number of amides is 1. The van der Waals surface area contributed by atoms with Crippen LogP contribution in [0.4, 0.5) is 0 Å². The minimum Gasteiger partial charge on any atom is -0.390 e. The molecule has 3 unspecified atom stereocenters. The van der Waals surface area contributed by atoms with Crippen LogP contribution in [0.5, 0.6) is 0 Å². The Morgan fingerprint density at radius 1 is 1.18 bits per heavy atom. The lowest BCUT2D eigenvalue weighted by Crippen LogP contribution is -2.62. The van der Waals surface area contributed by atoms with Crippen LogP contribution in [0.2, 0.25) is 0 Å². The summed E-state index contributed by atoms with van der Waals surface area (Å²) < 4.78 is 49.7. The van der Waals surface area contributed by atoms with E-state index in [1.807, 2.05) is 0 Å². The first kappa shape index (κ1) is 30.7. The van der Waals surface area contributed by atoms with Gasteiger partial charge in [-0.3, -0.25) is 28.2 Å². The molecule has 0 spiro atoms. The molecular weight excluding hydrogens is 560 g/mol. The fourth-order valence-electron chi connectivity index (χ4n) is 3.86. The maximum absolute atomic E-state index is 12.3. The summed E-state index contributed by atoms with van der Waals surface area (Å²) in [6.45, 7) is 3.12. The van der Waals surface area contributed by atoms with Crippen LogP contribution in [0.1, 0.15) is 32.1 Å². The zero-order valence-electron chi connectivity index (χ0n) is 20.3. The molecule has 2 fully saturated rings. The van der Waals surface area contributed by atoms with Crippen molar-refractivity contribution < 1.29 is 61.9 Å². The number of nitrogens with one attached hydrogen (secondary N) is 2. The van der Waals surface area contributed by atoms with Gasteiger partial charge in [0.15, 0.2) is 6.29 Å². The van der Waals surface area contributed by atoms with Crippen molar-refractivity contribution >= 4 is 21.6 Å². The van der Waals surface area contributed by atoms with Gasteiger partial charge in [-0.1, -0.05) is 0 Å². The summed E-state index contributed by atoms with van der Waals surface area (Å²) in [5.41, 5.74) is -1.24. The third-order valence-electron chi connectivity index (χ3n) is 5.73. The lowest BCUT2D eigenvalue weighted by atomic mass is 9.97. The minimum absolute atomic E-state index is 0.158. The lowest BCUT2D eigenvalue weighted by molar-refractivity contribution is -0.246. The first-order chi connectivity index (χ1) is 17.5. The predicted molar refractivity (Wildman–Crippen MR) is 122 cm³/mol. The fraction of sp³-hybridized carbons (Fsp3) is 0.722. The quantitative estimate of drug-likeness (QED) is 0.150. The molecular formula is C18H29N3O15P2. The predicted octanol–water partition coefficient (Wildman–Crippen LogP) is -2.28. The van der Waals surface area contributed by atoms with Crippen LogP contribution in [0.3, 0.4) is 0 Å². The first-order valence-corrected chi connectivity index (χ1v) is 14.1. The summed E-state index contributed by atoms with van der Waals surface area (Å²) in [6, 6.07) is -1.09. The maximum Gasteiger partial charge on any atom is 0.483 e. The van der Waals surface area contributed by atoms with E-state index in [0.717, 1.165) is 11.5 Å². The van der Waals surface area contributed by atoms with Crippen molar-refractivity contribution in [2.75, 3.05) is 6.61 Å². The number of aromatic nitrogens is 2. The molecule has 38 heavy (non-hydrogen) atoms. The summed E-state index contributed by atoms with van der Waals surface area (Å²) in [4.78, 5) is 56.7. The topological polar surface area (TPSA) is 265 Å². The average molecular weight is 589 g/mol. The highest BCUT2D eigenvalue weighted by molar-refractivity contribution is 7.61. The molecule has 18 nitrogen and oxygen atoms in total. The zero-order valence-corrected chi connectivity index (χ0v) is 22.1. The summed E-state index contributed by atoms with van der Waals surface area (Å²) in [7, 11) is -10.8. The van der Waals surface area contributed by atoms with Crippen molar-refractivity contribution in [2.45, 2.75) is 76.3 Å². The third kappa shape index (κ3) is 7.44. The normalized spacial score (nSPS) is 34.8. The van der Waals surface area contributed by atoms with E-state index in [9.17, 15) is 48.6 Å². The van der Waals surface area contributed by atoms with Crippen LogP contribution < -0.4 is 16.6 Å². The highest BCUT2D eigenvalue weighted by atomic mass is 31.3. The van der Waals surface area contributed by atoms with Gasteiger partial charge in [-0.2, -0.15) is 4.31 Å². The molecule has 1 amide bonds. The van der Waals surface area contributed by atoms with Crippen molar-refractivity contribution in [1.29, 1.82) is 0 Å². The Balaban J connectivity index is 1.58. The molecule has 2 aliphatic heterocycles. The van der Waals surface area contributed by atoms with Crippen LogP contribution in [0.25, 0.3) is 0 Å². The number of carbonyl (C=O) groups is 1. The SMILES string of the molecule is CC(=O)N[C@@H]1[C@H](O)[C@@H](O)C(OP(=O)(O)OP(=O)(O)OC[C@H]2O[C@@H](n3cc(C)c(=O)[nH]c3=O)C[C@@H]2O)O[C@@H]1C. The molecule has 0 saturated carbocycles. The number of aromatic amines is 1. The molecule has 1 aromatic heterocycles. The molecule has 0 bridgehead atoms. The third-order valence-corrected chi connectivity index (χ3v) is 8.33. The van der Waals surface area contributed by atoms with Crippen molar-refractivity contribution in [3.8, 4) is 0 Å². The Morgan fingerprint density at radius 3 is 2.47 bits per heavy atom. The summed E-state index contributed by atoms with van der Waals surface area (Å²) >= 11 is 0. The zero-order chi connectivity index (χ0) is 28.6. The van der Waals surface area contributed by atoms with Crippen molar-refractivity contribution in [2.24, 2.45) is 0 Å². The van der Waals surface area contributed by atoms with E-state index in [2.05, 4.69) is 23.7 Å². The van der Waals surface area contributed by atoms with Gasteiger partial charge in [0.25, 0.3) is 5.56 Å². The van der Waals surface area contributed by atoms with Crippen molar-refractivity contribution in [1.82, 2.24) is 14.9 Å². The van der Waals surface area contributed by atoms with Crippen LogP contribution in [0.15, 0.2) is 15.8 Å². The first-order valence-electron chi connectivity index (χ1n) is 11.1. The molecule has 0 aromatic carbocycles. The Kier molecular flexibility index (Phi) is 9.51. The second-order valence-corrected chi connectivity index (χ2v) is 11.7. The number of carbonyl (C=O) groups excluding carboxylic acids is 1. The molecule has 2 aliphatic rings. The molecule has 1 aromatic rings. The van der Waals surface area contributed by atoms with Gasteiger partial charge in [0.2, 0.25) is 5.91 Å². The molecule has 20 heteroatoms. The van der Waals surface area contributed by atoms with E-state index in [1.54, 1.807) is 0 Å². The number of hydrogen-bond donors (Lipinski definition) is 7. The van der Waals surface area contributed by atoms with Gasteiger partial charge in [0.05, 0.1) is 24.9 Å². The highest BCUT2D eigenvalue weighted by Crippen LogP contribution is 2.61. The van der Waals surface area contributed by atoms with Gasteiger partial charge in [0.1, 0.15) is 24.5 Å². The number of phosphoric ester groups is 2. The molecule has 3 rings (SSSR count). The molecule has 10 atom stereocenters. The number of hydrogen-bond acceptors (Lipinski definition) is 13. The van der Waals surface area contributed by atoms with Gasteiger partial charge in [-0.05, 0) is 13.8 Å². The molecule has 7 N–H and O–H groups in total. The maximum atomic E-state index is 12.3. The number of aryl methyl sites for hydroxylation is 1. The van der Waals surface area contributed by atoms with E-state index in [1.165, 1.54) is 20.0 Å². The van der Waals surface area contributed by atoms with Crippen molar-refractivity contribution in [3.05, 3.63) is 32.6 Å². The van der Waals surface area contributed by atoms with Crippen LogP contribution in [-0.2, 0) is 36.8 Å². The summed E-state index contributed by atoms with van der Waals surface area (Å²) in [5.74, 6) is -0.547. The van der Waals surface area contributed by atoms with E-state index < -0.39 is 88.5 Å². The van der Waals surface area contributed by atoms with E-state index in [-0.39, 0.29) is 12.0 Å². The summed E-state index contributed by atoms with van der Waals surface area (Å²) in [5, 5.41) is 32.9. The van der Waals surface area contributed by atoms with Crippen LogP contribution in [-0.4, -0.2) is 90.0 Å². The Labute approximate surface area is 214 Å². The second kappa shape index (κ2) is 11.8. The number of ether oxygens (including phenoxy) is 2. The van der Waals surface area contributed by atoms with E-state index in [4.69, 9.17) is 9.47 Å². The number of phosphoric acid groups is 2. The number of aliphatic hydroxyl groups excluding tert-OH is 3. The largest absolute Gasteiger partial charge is 0.483 e. The molecule has 3 heterocycles. The van der Waals surface area contributed by atoms with Gasteiger partial charge >= 0.3 is 21.3 Å². The summed E-state index contributed by atoms with van der Waals surface area (Å²) in [6.07, 6.45) is -9.29. The van der Waals surface area contributed by atoms with Gasteiger partial charge in [-0.15, -0.1) is 0 Å². The number of aliphatic hydroxyl groups is 3. The number of nitrogens with zero attached hydrogens (tertiary/aromatic N) is 1. The molecule has 216 valence electrons. The second-order valence-electron chi connectivity index (χ2n) is 8.75. The average Bonchev–Trinajstić information content (AvgIpc) is 3.15. The van der Waals surface area contributed by atoms with E-state index >= 15 is 0 Å². The smallest absolute Gasteiger partial charge is 0.390 e. The lowest BCUT2D eigenvalue weighted by Gasteiger charge is -2.41. The molecule has 0 aliphatic carbocycles.